The van der Waals surface area contributed by atoms with Crippen LogP contribution in [0.15, 0.2) is 36.4 Å². The van der Waals surface area contributed by atoms with E-state index in [1.807, 2.05) is 0 Å². The van der Waals surface area contributed by atoms with Gasteiger partial charge in [-0.1, -0.05) is 25.0 Å². The van der Waals surface area contributed by atoms with Gasteiger partial charge in [-0.05, 0) is 123 Å². The van der Waals surface area contributed by atoms with Gasteiger partial charge in [-0.25, -0.2) is 17.2 Å². The lowest BCUT2D eigenvalue weighted by molar-refractivity contribution is -0.129. The van der Waals surface area contributed by atoms with Crippen LogP contribution in [0.25, 0.3) is 11.1 Å². The largest absolute Gasteiger partial charge is 0.505 e. The van der Waals surface area contributed by atoms with Gasteiger partial charge in [0.25, 0.3) is 0 Å². The number of unbranched alkanes of at least 4 members (excludes halogenated alkanes) is 3. The van der Waals surface area contributed by atoms with Crippen molar-refractivity contribution >= 4 is 21.0 Å². The summed E-state index contributed by atoms with van der Waals surface area (Å²) in [4.78, 5) is 2.27. The van der Waals surface area contributed by atoms with Crippen LogP contribution in [0.1, 0.15) is 87.3 Å². The first-order valence-electron chi connectivity index (χ1n) is 14.9. The molecule has 10 heteroatoms. The molecule has 1 fully saturated rings. The van der Waals surface area contributed by atoms with E-state index in [4.69, 9.17) is 0 Å². The third kappa shape index (κ3) is 9.27. The van der Waals surface area contributed by atoms with Crippen LogP contribution < -0.4 is 0 Å². The molecule has 0 spiro atoms. The molecular weight excluding hydrogens is 573 g/mol. The molecule has 0 amide bonds. The van der Waals surface area contributed by atoms with Crippen LogP contribution in [-0.4, -0.2) is 55.2 Å². The molecule has 1 atom stereocenters. The molecule has 2 aliphatic rings. The smallest absolute Gasteiger partial charge is 0.390 e. The zero-order valence-corrected chi connectivity index (χ0v) is 24.7. The molecule has 42 heavy (non-hydrogen) atoms. The number of benzene rings is 2. The molecule has 1 heterocycles. The molecular formula is C32H40F5NO3S. The molecule has 0 bridgehead atoms. The molecule has 0 radical (unpaired) electrons. The minimum absolute atomic E-state index is 0.0860. The average molecular weight is 614 g/mol. The maximum atomic E-state index is 14.5. The van der Waals surface area contributed by atoms with Crippen LogP contribution in [0.5, 0.6) is 5.75 Å². The number of fused-ring (bicyclic) bond motifs is 1. The highest BCUT2D eigenvalue weighted by Gasteiger charge is 2.31. The molecule has 0 unspecified atom stereocenters. The number of aryl methyl sites for hydroxylation is 1. The molecule has 232 valence electrons. The fraction of sp³-hybridized carbons (Fsp3) is 0.562. The first kappa shape index (κ1) is 32.5. The fourth-order valence-electron chi connectivity index (χ4n) is 6.29. The number of allylic oxidation sites excluding steroid dienone is 2. The highest BCUT2D eigenvalue weighted by Crippen LogP contribution is 2.40. The van der Waals surface area contributed by atoms with Crippen molar-refractivity contribution in [1.29, 1.82) is 0 Å². The Balaban J connectivity index is 1.31. The van der Waals surface area contributed by atoms with E-state index < -0.39 is 34.0 Å². The Morgan fingerprint density at radius 3 is 2.40 bits per heavy atom. The standard InChI is InChI=1S/C32H40F5NO3S/c33-25-13-11-23(12-14-25)27-10-5-7-24-21-31(39)30(34)22-29(24)28(27)9-3-1-2-4-17-38-18-6-8-26(38)15-19-42(40,41)20-16-32(35,36)37/h11-14,21-22,26,39H,1-10,15-20H2/t26-/m0/s1. The maximum Gasteiger partial charge on any atom is 0.390 e. The van der Waals surface area contributed by atoms with E-state index in [0.717, 1.165) is 105 Å². The van der Waals surface area contributed by atoms with Crippen molar-refractivity contribution in [3.05, 3.63) is 64.7 Å². The van der Waals surface area contributed by atoms with Crippen LogP contribution in [0.3, 0.4) is 0 Å². The molecule has 0 aromatic heterocycles. The molecule has 4 rings (SSSR count). The van der Waals surface area contributed by atoms with E-state index in [1.165, 1.54) is 24.3 Å². The number of sulfone groups is 1. The van der Waals surface area contributed by atoms with Crippen molar-refractivity contribution in [3.63, 3.8) is 0 Å². The second-order valence-electron chi connectivity index (χ2n) is 11.6. The lowest BCUT2D eigenvalue weighted by Gasteiger charge is -2.24. The highest BCUT2D eigenvalue weighted by molar-refractivity contribution is 7.91. The van der Waals surface area contributed by atoms with Gasteiger partial charge in [0.2, 0.25) is 0 Å². The summed E-state index contributed by atoms with van der Waals surface area (Å²) in [6.07, 6.45) is 3.21. The lowest BCUT2D eigenvalue weighted by Crippen LogP contribution is -2.32. The summed E-state index contributed by atoms with van der Waals surface area (Å²) in [5.74, 6) is -2.37. The van der Waals surface area contributed by atoms with Gasteiger partial charge in [0.1, 0.15) is 5.82 Å². The summed E-state index contributed by atoms with van der Waals surface area (Å²) in [5, 5.41) is 9.97. The Morgan fingerprint density at radius 2 is 1.67 bits per heavy atom. The maximum absolute atomic E-state index is 14.5. The number of hydrogen-bond donors (Lipinski definition) is 1. The topological polar surface area (TPSA) is 57.6 Å². The van der Waals surface area contributed by atoms with Crippen LogP contribution in [-0.2, 0) is 16.3 Å². The Morgan fingerprint density at radius 1 is 0.929 bits per heavy atom. The number of hydrogen-bond acceptors (Lipinski definition) is 4. The Labute approximate surface area is 245 Å². The van der Waals surface area contributed by atoms with Crippen LogP contribution in [0.4, 0.5) is 22.0 Å². The Bertz CT molecular complexity index is 1340. The molecule has 0 saturated carbocycles. The van der Waals surface area contributed by atoms with Gasteiger partial charge in [-0.15, -0.1) is 0 Å². The number of likely N-dealkylation sites (tertiary alicyclic amines) is 1. The molecule has 2 aromatic carbocycles. The SMILES string of the molecule is O=S(=O)(CC[C@@H]1CCCN1CCCCCCC1=C(c2ccc(F)cc2)CCCc2cc(O)c(F)cc21)CCC(F)(F)F. The first-order chi connectivity index (χ1) is 19.9. The summed E-state index contributed by atoms with van der Waals surface area (Å²) in [6.45, 7) is 1.69. The fourth-order valence-corrected chi connectivity index (χ4v) is 7.67. The zero-order chi connectivity index (χ0) is 30.3. The van der Waals surface area contributed by atoms with E-state index in [0.29, 0.717) is 6.42 Å². The predicted octanol–water partition coefficient (Wildman–Crippen LogP) is 8.09. The monoisotopic (exact) mass is 613 g/mol. The number of alkyl halides is 3. The van der Waals surface area contributed by atoms with Gasteiger partial charge in [-0.2, -0.15) is 13.2 Å². The Kier molecular flexibility index (Phi) is 11.1. The van der Waals surface area contributed by atoms with Crippen LogP contribution >= 0.6 is 0 Å². The van der Waals surface area contributed by atoms with Crippen LogP contribution in [0, 0.1) is 11.6 Å². The molecule has 1 aliphatic heterocycles. The number of aromatic hydroxyl groups is 1. The number of phenolic OH excluding ortho intramolecular Hbond substituents is 1. The Hall–Kier alpha value is -2.46. The van der Waals surface area contributed by atoms with Crippen molar-refractivity contribution < 1.29 is 35.5 Å². The summed E-state index contributed by atoms with van der Waals surface area (Å²) in [5.41, 5.74) is 4.78. The van der Waals surface area contributed by atoms with Crippen molar-refractivity contribution in [2.24, 2.45) is 0 Å². The molecule has 1 saturated heterocycles. The van der Waals surface area contributed by atoms with E-state index >= 15 is 0 Å². The van der Waals surface area contributed by atoms with Crippen molar-refractivity contribution in [2.75, 3.05) is 24.6 Å². The second kappa shape index (κ2) is 14.3. The highest BCUT2D eigenvalue weighted by atomic mass is 32.2. The van der Waals surface area contributed by atoms with Crippen LogP contribution in [0.2, 0.25) is 0 Å². The third-order valence-electron chi connectivity index (χ3n) is 8.51. The van der Waals surface area contributed by atoms with E-state index in [9.17, 15) is 35.5 Å². The molecule has 2 aromatic rings. The number of nitrogens with zero attached hydrogens (tertiary/aromatic N) is 1. The summed E-state index contributed by atoms with van der Waals surface area (Å²) < 4.78 is 89.6. The molecule has 1 aliphatic carbocycles. The minimum Gasteiger partial charge on any atom is -0.505 e. The van der Waals surface area contributed by atoms with Gasteiger partial charge in [0, 0.05) is 6.04 Å². The molecule has 1 N–H and O–H groups in total. The number of phenols is 1. The quantitative estimate of drug-likeness (QED) is 0.183. The van der Waals surface area contributed by atoms with E-state index in [-0.39, 0.29) is 23.4 Å². The number of halogens is 5. The summed E-state index contributed by atoms with van der Waals surface area (Å²) >= 11 is 0. The zero-order valence-electron chi connectivity index (χ0n) is 23.9. The third-order valence-corrected chi connectivity index (χ3v) is 10.2. The second-order valence-corrected chi connectivity index (χ2v) is 13.9. The van der Waals surface area contributed by atoms with Crippen molar-refractivity contribution in [2.45, 2.75) is 89.3 Å². The van der Waals surface area contributed by atoms with Gasteiger partial charge in [-0.3, -0.25) is 0 Å². The first-order valence-corrected chi connectivity index (χ1v) is 16.7. The number of rotatable bonds is 13. The van der Waals surface area contributed by atoms with E-state index in [2.05, 4.69) is 4.90 Å². The summed E-state index contributed by atoms with van der Waals surface area (Å²) in [7, 11) is -3.73. The van der Waals surface area contributed by atoms with Crippen molar-refractivity contribution in [1.82, 2.24) is 4.90 Å². The normalized spacial score (nSPS) is 18.4. The van der Waals surface area contributed by atoms with Crippen molar-refractivity contribution in [3.8, 4) is 5.75 Å². The predicted molar refractivity (Wildman–Crippen MR) is 156 cm³/mol. The average Bonchev–Trinajstić information content (AvgIpc) is 3.31. The van der Waals surface area contributed by atoms with Gasteiger partial charge < -0.3 is 10.0 Å². The summed E-state index contributed by atoms with van der Waals surface area (Å²) in [6, 6.07) is 9.43. The minimum atomic E-state index is -4.47. The lowest BCUT2D eigenvalue weighted by atomic mass is 9.89. The van der Waals surface area contributed by atoms with E-state index in [1.54, 1.807) is 12.1 Å². The van der Waals surface area contributed by atoms with Gasteiger partial charge in [0.15, 0.2) is 21.4 Å². The van der Waals surface area contributed by atoms with Gasteiger partial charge in [0.05, 0.1) is 17.9 Å². The molecule has 4 nitrogen and oxygen atoms in total. The van der Waals surface area contributed by atoms with Gasteiger partial charge >= 0.3 is 6.18 Å².